The van der Waals surface area contributed by atoms with Crippen molar-refractivity contribution < 1.29 is 4.74 Å². The standard InChI is InChI=1S/C10H8BrNO/c1-13-10-5-8-6-12-3-2-7(8)4-9(10)11/h2-6H,1H3. The van der Waals surface area contributed by atoms with Gasteiger partial charge in [0, 0.05) is 17.8 Å². The molecule has 0 aliphatic carbocycles. The first-order valence-electron chi connectivity index (χ1n) is 3.88. The summed E-state index contributed by atoms with van der Waals surface area (Å²) in [6, 6.07) is 5.96. The Bertz CT molecular complexity index is 442. The van der Waals surface area contributed by atoms with E-state index in [0.717, 1.165) is 21.0 Å². The van der Waals surface area contributed by atoms with Crippen LogP contribution in [0.4, 0.5) is 0 Å². The van der Waals surface area contributed by atoms with Crippen LogP contribution in [0.5, 0.6) is 5.75 Å². The number of benzene rings is 1. The second-order valence-corrected chi connectivity index (χ2v) is 3.56. The van der Waals surface area contributed by atoms with Crippen molar-refractivity contribution in [2.24, 2.45) is 0 Å². The van der Waals surface area contributed by atoms with E-state index in [1.807, 2.05) is 24.4 Å². The van der Waals surface area contributed by atoms with Crippen LogP contribution in [0.3, 0.4) is 0 Å². The summed E-state index contributed by atoms with van der Waals surface area (Å²) in [5.74, 6) is 0.834. The highest BCUT2D eigenvalue weighted by Gasteiger charge is 2.01. The predicted octanol–water partition coefficient (Wildman–Crippen LogP) is 3.01. The minimum atomic E-state index is 0.834. The number of methoxy groups -OCH3 is 1. The van der Waals surface area contributed by atoms with Crippen molar-refractivity contribution in [3.05, 3.63) is 35.1 Å². The summed E-state index contributed by atoms with van der Waals surface area (Å²) in [7, 11) is 1.66. The molecular weight excluding hydrogens is 230 g/mol. The van der Waals surface area contributed by atoms with Crippen molar-refractivity contribution in [3.8, 4) is 5.75 Å². The predicted molar refractivity (Wildman–Crippen MR) is 56.0 cm³/mol. The third-order valence-corrected chi connectivity index (χ3v) is 2.53. The number of pyridine rings is 1. The second kappa shape index (κ2) is 3.34. The third kappa shape index (κ3) is 1.52. The van der Waals surface area contributed by atoms with Crippen LogP contribution in [0.1, 0.15) is 0 Å². The van der Waals surface area contributed by atoms with Gasteiger partial charge < -0.3 is 4.74 Å². The molecule has 1 heterocycles. The number of halogens is 1. The number of aromatic nitrogens is 1. The van der Waals surface area contributed by atoms with Crippen molar-refractivity contribution in [2.45, 2.75) is 0 Å². The number of rotatable bonds is 1. The molecule has 0 bridgehead atoms. The fraction of sp³-hybridized carbons (Fsp3) is 0.100. The van der Waals surface area contributed by atoms with Crippen molar-refractivity contribution in [1.82, 2.24) is 4.98 Å². The van der Waals surface area contributed by atoms with Gasteiger partial charge in [0.2, 0.25) is 0 Å². The zero-order chi connectivity index (χ0) is 9.26. The Kier molecular flexibility index (Phi) is 2.19. The normalized spacial score (nSPS) is 10.3. The quantitative estimate of drug-likeness (QED) is 0.761. The average molecular weight is 238 g/mol. The highest BCUT2D eigenvalue weighted by Crippen LogP contribution is 2.29. The van der Waals surface area contributed by atoms with E-state index in [1.165, 1.54) is 0 Å². The number of hydrogen-bond donors (Lipinski definition) is 0. The van der Waals surface area contributed by atoms with Gasteiger partial charge in [-0.2, -0.15) is 0 Å². The molecule has 3 heteroatoms. The summed E-state index contributed by atoms with van der Waals surface area (Å²) < 4.78 is 6.14. The molecule has 2 rings (SSSR count). The number of fused-ring (bicyclic) bond motifs is 1. The van der Waals surface area contributed by atoms with Crippen LogP contribution >= 0.6 is 15.9 Å². The Hall–Kier alpha value is -1.09. The van der Waals surface area contributed by atoms with Crippen molar-refractivity contribution in [1.29, 1.82) is 0 Å². The fourth-order valence-electron chi connectivity index (χ4n) is 1.24. The molecule has 66 valence electrons. The first-order chi connectivity index (χ1) is 6.31. The number of ether oxygens (including phenoxy) is 1. The molecule has 0 radical (unpaired) electrons. The van der Waals surface area contributed by atoms with Gasteiger partial charge in [0.05, 0.1) is 11.6 Å². The molecule has 1 aromatic heterocycles. The van der Waals surface area contributed by atoms with Gasteiger partial charge in [-0.05, 0) is 39.5 Å². The van der Waals surface area contributed by atoms with Gasteiger partial charge in [-0.25, -0.2) is 0 Å². The summed E-state index contributed by atoms with van der Waals surface area (Å²) >= 11 is 3.43. The SMILES string of the molecule is COc1cc2cnccc2cc1Br. The van der Waals surface area contributed by atoms with Crippen molar-refractivity contribution >= 4 is 26.7 Å². The van der Waals surface area contributed by atoms with E-state index in [0.29, 0.717) is 0 Å². The largest absolute Gasteiger partial charge is 0.496 e. The van der Waals surface area contributed by atoms with E-state index in [4.69, 9.17) is 4.74 Å². The monoisotopic (exact) mass is 237 g/mol. The lowest BCUT2D eigenvalue weighted by molar-refractivity contribution is 0.413. The van der Waals surface area contributed by atoms with Gasteiger partial charge in [-0.15, -0.1) is 0 Å². The molecule has 0 saturated heterocycles. The highest BCUT2D eigenvalue weighted by molar-refractivity contribution is 9.10. The zero-order valence-electron chi connectivity index (χ0n) is 7.12. The highest BCUT2D eigenvalue weighted by atomic mass is 79.9. The van der Waals surface area contributed by atoms with Crippen LogP contribution in [-0.2, 0) is 0 Å². The molecular formula is C10H8BrNO. The molecule has 1 aromatic carbocycles. The summed E-state index contributed by atoms with van der Waals surface area (Å²) in [6.07, 6.45) is 3.60. The van der Waals surface area contributed by atoms with E-state index < -0.39 is 0 Å². The van der Waals surface area contributed by atoms with Gasteiger partial charge in [0.25, 0.3) is 0 Å². The fourth-order valence-corrected chi connectivity index (χ4v) is 1.77. The lowest BCUT2D eigenvalue weighted by Gasteiger charge is -2.04. The van der Waals surface area contributed by atoms with Crippen LogP contribution < -0.4 is 4.74 Å². The van der Waals surface area contributed by atoms with E-state index in [9.17, 15) is 0 Å². The smallest absolute Gasteiger partial charge is 0.133 e. The van der Waals surface area contributed by atoms with Crippen molar-refractivity contribution in [2.75, 3.05) is 7.11 Å². The summed E-state index contributed by atoms with van der Waals surface area (Å²) in [4.78, 5) is 4.05. The summed E-state index contributed by atoms with van der Waals surface area (Å²) in [5.41, 5.74) is 0. The molecule has 0 spiro atoms. The Morgan fingerprint density at radius 1 is 1.31 bits per heavy atom. The van der Waals surface area contributed by atoms with Gasteiger partial charge in [-0.1, -0.05) is 0 Å². The minimum absolute atomic E-state index is 0.834. The lowest BCUT2D eigenvalue weighted by atomic mass is 10.2. The minimum Gasteiger partial charge on any atom is -0.496 e. The first kappa shape index (κ1) is 8.51. The Balaban J connectivity index is 2.74. The maximum absolute atomic E-state index is 5.18. The number of nitrogens with zero attached hydrogens (tertiary/aromatic N) is 1. The molecule has 0 aliphatic heterocycles. The van der Waals surface area contributed by atoms with E-state index in [1.54, 1.807) is 13.3 Å². The van der Waals surface area contributed by atoms with Gasteiger partial charge in [0.1, 0.15) is 5.75 Å². The topological polar surface area (TPSA) is 22.1 Å². The maximum atomic E-state index is 5.18. The van der Waals surface area contributed by atoms with Crippen LogP contribution in [0.25, 0.3) is 10.8 Å². The van der Waals surface area contributed by atoms with Crippen LogP contribution in [-0.4, -0.2) is 12.1 Å². The molecule has 0 atom stereocenters. The zero-order valence-corrected chi connectivity index (χ0v) is 8.71. The van der Waals surface area contributed by atoms with Gasteiger partial charge in [-0.3, -0.25) is 4.98 Å². The van der Waals surface area contributed by atoms with E-state index in [2.05, 4.69) is 20.9 Å². The Labute approximate surface area is 84.7 Å². The van der Waals surface area contributed by atoms with Crippen molar-refractivity contribution in [3.63, 3.8) is 0 Å². The molecule has 0 unspecified atom stereocenters. The van der Waals surface area contributed by atoms with E-state index in [-0.39, 0.29) is 0 Å². The summed E-state index contributed by atoms with van der Waals surface area (Å²) in [5, 5.41) is 2.24. The molecule has 0 N–H and O–H groups in total. The Morgan fingerprint density at radius 3 is 2.92 bits per heavy atom. The molecule has 2 aromatic rings. The van der Waals surface area contributed by atoms with Crippen LogP contribution in [0, 0.1) is 0 Å². The average Bonchev–Trinajstić information content (AvgIpc) is 2.17. The first-order valence-corrected chi connectivity index (χ1v) is 4.68. The summed E-state index contributed by atoms with van der Waals surface area (Å²) in [6.45, 7) is 0. The van der Waals surface area contributed by atoms with Gasteiger partial charge in [0.15, 0.2) is 0 Å². The molecule has 0 aliphatic rings. The molecule has 0 saturated carbocycles. The molecule has 13 heavy (non-hydrogen) atoms. The van der Waals surface area contributed by atoms with Gasteiger partial charge >= 0.3 is 0 Å². The maximum Gasteiger partial charge on any atom is 0.133 e. The molecule has 2 nitrogen and oxygen atoms in total. The molecule has 0 amide bonds. The van der Waals surface area contributed by atoms with Crippen LogP contribution in [0.2, 0.25) is 0 Å². The van der Waals surface area contributed by atoms with Crippen LogP contribution in [0.15, 0.2) is 35.1 Å². The molecule has 0 fully saturated rings. The lowest BCUT2D eigenvalue weighted by Crippen LogP contribution is -1.84. The third-order valence-electron chi connectivity index (χ3n) is 1.91. The second-order valence-electron chi connectivity index (χ2n) is 2.71. The van der Waals surface area contributed by atoms with E-state index >= 15 is 0 Å². The Morgan fingerprint density at radius 2 is 2.15 bits per heavy atom. The number of hydrogen-bond acceptors (Lipinski definition) is 2.